The number of ether oxygens (including phenoxy) is 2. The van der Waals surface area contributed by atoms with Gasteiger partial charge in [-0.1, -0.05) is 0 Å². The molecule has 2 N–H and O–H groups in total. The molecule has 0 spiro atoms. The minimum atomic E-state index is -5.02. The van der Waals surface area contributed by atoms with Crippen LogP contribution >= 0.6 is 10.7 Å². The highest BCUT2D eigenvalue weighted by Crippen LogP contribution is 2.37. The summed E-state index contributed by atoms with van der Waals surface area (Å²) < 4.78 is 66.2. The molecule has 1 rings (SSSR count). The van der Waals surface area contributed by atoms with Gasteiger partial charge in [0.2, 0.25) is 5.75 Å². The van der Waals surface area contributed by atoms with E-state index in [0.717, 1.165) is 7.11 Å². The van der Waals surface area contributed by atoms with Gasteiger partial charge in [0.15, 0.2) is 5.03 Å². The summed E-state index contributed by atoms with van der Waals surface area (Å²) in [6.07, 6.45) is -5.02. The van der Waals surface area contributed by atoms with E-state index in [9.17, 15) is 21.6 Å². The van der Waals surface area contributed by atoms with E-state index >= 15 is 0 Å². The van der Waals surface area contributed by atoms with Crippen molar-refractivity contribution in [2.75, 3.05) is 12.8 Å². The van der Waals surface area contributed by atoms with Gasteiger partial charge < -0.3 is 15.2 Å². The lowest BCUT2D eigenvalue weighted by Crippen LogP contribution is -2.19. The first-order valence-electron chi connectivity index (χ1n) is 4.09. The van der Waals surface area contributed by atoms with Crippen LogP contribution in [0.1, 0.15) is 0 Å². The quantitative estimate of drug-likeness (QED) is 0.851. The summed E-state index contributed by atoms with van der Waals surface area (Å²) in [7, 11) is 1.69. The number of nitrogens with two attached hydrogens (primary N) is 1. The van der Waals surface area contributed by atoms with Crippen molar-refractivity contribution in [3.63, 3.8) is 0 Å². The number of methoxy groups -OCH3 is 1. The Hall–Kier alpha value is -1.42. The lowest BCUT2D eigenvalue weighted by atomic mass is 10.4. The maximum absolute atomic E-state index is 12.1. The zero-order valence-corrected chi connectivity index (χ0v) is 10.2. The average molecular weight is 307 g/mol. The maximum Gasteiger partial charge on any atom is 0.573 e. The molecule has 0 bridgehead atoms. The molecule has 0 saturated carbocycles. The van der Waals surface area contributed by atoms with Crippen molar-refractivity contribution in [1.82, 2.24) is 4.98 Å². The average Bonchev–Trinajstić information content (AvgIpc) is 2.17. The predicted molar refractivity (Wildman–Crippen MR) is 54.9 cm³/mol. The first-order valence-corrected chi connectivity index (χ1v) is 6.40. The summed E-state index contributed by atoms with van der Waals surface area (Å²) >= 11 is 0. The number of nitrogen functional groups attached to an aromatic ring is 1. The van der Waals surface area contributed by atoms with Crippen LogP contribution in [-0.2, 0) is 9.05 Å². The summed E-state index contributed by atoms with van der Waals surface area (Å²) in [6.45, 7) is 0. The monoisotopic (exact) mass is 306 g/mol. The van der Waals surface area contributed by atoms with Gasteiger partial charge in [0.1, 0.15) is 0 Å². The fourth-order valence-electron chi connectivity index (χ4n) is 0.987. The molecule has 0 aliphatic carbocycles. The Morgan fingerprint density at radius 1 is 1.44 bits per heavy atom. The standard InChI is InChI=1S/C7H6ClF3N2O4S/c1-16-6-5(17-7(9,10)11)3(12)2-4(13-6)18(8,14)15/h2H,1H3,(H2,12,13). The topological polar surface area (TPSA) is 91.5 Å². The second kappa shape index (κ2) is 4.69. The zero-order valence-electron chi connectivity index (χ0n) is 8.66. The third kappa shape index (κ3) is 3.53. The second-order valence-corrected chi connectivity index (χ2v) is 5.39. The Balaban J connectivity index is 3.38. The molecule has 0 aromatic carbocycles. The molecule has 1 heterocycles. The Morgan fingerprint density at radius 2 is 2.00 bits per heavy atom. The van der Waals surface area contributed by atoms with E-state index in [1.165, 1.54) is 0 Å². The molecule has 0 saturated heterocycles. The fourth-order valence-corrected chi connectivity index (χ4v) is 1.68. The van der Waals surface area contributed by atoms with Gasteiger partial charge >= 0.3 is 6.36 Å². The SMILES string of the molecule is COc1nc(S(=O)(=O)Cl)cc(N)c1OC(F)(F)F. The van der Waals surface area contributed by atoms with Crippen molar-refractivity contribution in [1.29, 1.82) is 0 Å². The van der Waals surface area contributed by atoms with Crippen molar-refractivity contribution in [3.05, 3.63) is 6.07 Å². The second-order valence-electron chi connectivity index (χ2n) is 2.87. The number of hydrogen-bond donors (Lipinski definition) is 1. The summed E-state index contributed by atoms with van der Waals surface area (Å²) in [5.74, 6) is -1.68. The van der Waals surface area contributed by atoms with Crippen LogP contribution in [0.25, 0.3) is 0 Å². The number of rotatable bonds is 3. The molecule has 0 radical (unpaired) electrons. The largest absolute Gasteiger partial charge is 0.573 e. The van der Waals surface area contributed by atoms with Crippen LogP contribution in [0.15, 0.2) is 11.1 Å². The molecule has 0 amide bonds. The molecule has 6 nitrogen and oxygen atoms in total. The van der Waals surface area contributed by atoms with E-state index in [4.69, 9.17) is 16.4 Å². The Morgan fingerprint density at radius 3 is 2.39 bits per heavy atom. The molecule has 0 aliphatic rings. The Labute approximate surface area is 104 Å². The Kier molecular flexibility index (Phi) is 3.81. The van der Waals surface area contributed by atoms with Gasteiger partial charge in [0.25, 0.3) is 14.9 Å². The van der Waals surface area contributed by atoms with E-state index in [1.54, 1.807) is 0 Å². The molecular formula is C7H6ClF3N2O4S. The molecule has 102 valence electrons. The summed E-state index contributed by atoms with van der Waals surface area (Å²) in [5, 5.41) is -0.743. The van der Waals surface area contributed by atoms with Crippen LogP contribution in [0.4, 0.5) is 18.9 Å². The van der Waals surface area contributed by atoms with Gasteiger partial charge in [-0.2, -0.15) is 4.98 Å². The van der Waals surface area contributed by atoms with Crippen molar-refractivity contribution < 1.29 is 31.1 Å². The van der Waals surface area contributed by atoms with Crippen molar-refractivity contribution in [2.24, 2.45) is 0 Å². The normalized spacial score (nSPS) is 12.3. The molecule has 1 aromatic rings. The summed E-state index contributed by atoms with van der Waals surface area (Å²) in [5.41, 5.74) is 4.61. The predicted octanol–water partition coefficient (Wildman–Crippen LogP) is 1.50. The van der Waals surface area contributed by atoms with E-state index in [-0.39, 0.29) is 0 Å². The number of pyridine rings is 1. The van der Waals surface area contributed by atoms with Crippen LogP contribution in [-0.4, -0.2) is 26.9 Å². The van der Waals surface area contributed by atoms with Crippen LogP contribution in [0.5, 0.6) is 11.6 Å². The minimum absolute atomic E-state index is 0.626. The molecular weight excluding hydrogens is 301 g/mol. The number of anilines is 1. The molecule has 0 aliphatic heterocycles. The number of halogens is 4. The minimum Gasteiger partial charge on any atom is -0.478 e. The smallest absolute Gasteiger partial charge is 0.478 e. The first-order chi connectivity index (χ1) is 8.04. The van der Waals surface area contributed by atoms with Gasteiger partial charge in [0.05, 0.1) is 12.8 Å². The molecule has 0 fully saturated rings. The van der Waals surface area contributed by atoms with Crippen LogP contribution in [0.3, 0.4) is 0 Å². The van der Waals surface area contributed by atoms with Crippen molar-refractivity contribution in [2.45, 2.75) is 11.4 Å². The number of aromatic nitrogens is 1. The number of hydrogen-bond acceptors (Lipinski definition) is 6. The fraction of sp³-hybridized carbons (Fsp3) is 0.286. The molecule has 0 unspecified atom stereocenters. The Bertz CT molecular complexity index is 561. The van der Waals surface area contributed by atoms with E-state index in [1.807, 2.05) is 0 Å². The van der Waals surface area contributed by atoms with Gasteiger partial charge in [-0.15, -0.1) is 13.2 Å². The third-order valence-corrected chi connectivity index (χ3v) is 2.79. The molecule has 18 heavy (non-hydrogen) atoms. The van der Waals surface area contributed by atoms with Crippen LogP contribution in [0.2, 0.25) is 0 Å². The highest BCUT2D eigenvalue weighted by atomic mass is 35.7. The lowest BCUT2D eigenvalue weighted by Gasteiger charge is -2.14. The molecule has 11 heteroatoms. The highest BCUT2D eigenvalue weighted by Gasteiger charge is 2.34. The van der Waals surface area contributed by atoms with Crippen LogP contribution in [0, 0.1) is 0 Å². The lowest BCUT2D eigenvalue weighted by molar-refractivity contribution is -0.274. The maximum atomic E-state index is 12.1. The summed E-state index contributed by atoms with van der Waals surface area (Å²) in [4.78, 5) is 3.26. The van der Waals surface area contributed by atoms with Gasteiger partial charge in [0, 0.05) is 16.7 Å². The number of nitrogens with zero attached hydrogens (tertiary/aromatic N) is 1. The molecule has 0 atom stereocenters. The third-order valence-electron chi connectivity index (χ3n) is 1.61. The van der Waals surface area contributed by atoms with E-state index in [2.05, 4.69) is 14.5 Å². The van der Waals surface area contributed by atoms with E-state index in [0.29, 0.717) is 6.07 Å². The van der Waals surface area contributed by atoms with Crippen LogP contribution < -0.4 is 15.2 Å². The van der Waals surface area contributed by atoms with Gasteiger partial charge in [-0.25, -0.2) is 8.42 Å². The van der Waals surface area contributed by atoms with Crippen molar-refractivity contribution in [3.8, 4) is 11.6 Å². The van der Waals surface area contributed by atoms with Crippen molar-refractivity contribution >= 4 is 25.4 Å². The highest BCUT2D eigenvalue weighted by molar-refractivity contribution is 8.13. The van der Waals surface area contributed by atoms with Gasteiger partial charge in [-0.05, 0) is 0 Å². The molecule has 1 aromatic heterocycles. The number of alkyl halides is 3. The first kappa shape index (κ1) is 14.6. The van der Waals surface area contributed by atoms with Gasteiger partial charge in [-0.3, -0.25) is 0 Å². The van der Waals surface area contributed by atoms with E-state index < -0.39 is 37.8 Å². The zero-order chi connectivity index (χ0) is 14.1. The summed E-state index contributed by atoms with van der Waals surface area (Å²) in [6, 6.07) is 0.631.